The predicted molar refractivity (Wildman–Crippen MR) is 119 cm³/mol. The van der Waals surface area contributed by atoms with Crippen molar-refractivity contribution in [2.75, 3.05) is 9.62 Å². The summed E-state index contributed by atoms with van der Waals surface area (Å²) in [5.41, 5.74) is 1.83. The summed E-state index contributed by atoms with van der Waals surface area (Å²) in [6, 6.07) is 9.77. The number of hydrogen-bond acceptors (Lipinski definition) is 5. The minimum absolute atomic E-state index is 0.0951. The number of carbonyl (C=O) groups is 1. The fourth-order valence-corrected chi connectivity index (χ4v) is 4.71. The first-order valence-electron chi connectivity index (χ1n) is 9.59. The van der Waals surface area contributed by atoms with Gasteiger partial charge in [0.25, 0.3) is 21.9 Å². The number of aryl methyl sites for hydroxylation is 1. The molecule has 8 nitrogen and oxygen atoms in total. The van der Waals surface area contributed by atoms with E-state index in [2.05, 4.69) is 35.6 Å². The lowest BCUT2D eigenvalue weighted by atomic mass is 9.87. The highest BCUT2D eigenvalue weighted by Gasteiger charge is 2.35. The van der Waals surface area contributed by atoms with Gasteiger partial charge in [-0.15, -0.1) is 5.10 Å². The second-order valence-corrected chi connectivity index (χ2v) is 10.5. The summed E-state index contributed by atoms with van der Waals surface area (Å²) in [5, 5.41) is 4.54. The van der Waals surface area contributed by atoms with Crippen molar-refractivity contribution >= 4 is 39.2 Å². The van der Waals surface area contributed by atoms with Crippen molar-refractivity contribution in [3.05, 3.63) is 64.4 Å². The van der Waals surface area contributed by atoms with Gasteiger partial charge in [-0.25, -0.2) is 13.4 Å². The third kappa shape index (κ3) is 3.90. The van der Waals surface area contributed by atoms with E-state index in [0.29, 0.717) is 10.6 Å². The third-order valence-electron chi connectivity index (χ3n) is 5.13. The van der Waals surface area contributed by atoms with Crippen molar-refractivity contribution in [1.29, 1.82) is 0 Å². The number of carbonyl (C=O) groups excluding carboxylic acids is 1. The number of aromatic nitrogens is 3. The molecule has 0 saturated carbocycles. The monoisotopic (exact) mass is 459 g/mol. The molecule has 1 aliphatic rings. The zero-order valence-corrected chi connectivity index (χ0v) is 19.1. The normalized spacial score (nSPS) is 14.1. The Balaban J connectivity index is 1.68. The minimum atomic E-state index is -3.91. The van der Waals surface area contributed by atoms with Crippen LogP contribution in [0.2, 0.25) is 5.02 Å². The number of fused-ring (bicyclic) bond motifs is 1. The molecule has 4 rings (SSSR count). The van der Waals surface area contributed by atoms with Crippen LogP contribution in [0.4, 0.5) is 11.6 Å². The molecule has 0 unspecified atom stereocenters. The van der Waals surface area contributed by atoms with E-state index in [9.17, 15) is 13.2 Å². The van der Waals surface area contributed by atoms with Gasteiger partial charge in [0.15, 0.2) is 0 Å². The maximum Gasteiger partial charge on any atom is 0.263 e. The van der Waals surface area contributed by atoms with E-state index in [1.54, 1.807) is 37.4 Å². The van der Waals surface area contributed by atoms with E-state index in [1.165, 1.54) is 22.0 Å². The fourth-order valence-electron chi connectivity index (χ4n) is 3.42. The van der Waals surface area contributed by atoms with Crippen LogP contribution in [0.5, 0.6) is 0 Å². The lowest BCUT2D eigenvalue weighted by Gasteiger charge is -2.19. The number of nitrogens with one attached hydrogen (secondary N) is 1. The van der Waals surface area contributed by atoms with Crippen molar-refractivity contribution in [3.63, 3.8) is 0 Å². The number of amides is 1. The standard InChI is InChI=1S/C21H22ClN5O3S/c1-21(2,3)13-5-7-14(8-6-13)31(29,30)25-17-10-9-16(22)15-11-27(19(28)18(15)17)20-23-12-26(4)24-20/h5-10,12,25H,11H2,1-4H3. The Labute approximate surface area is 185 Å². The molecule has 1 aromatic heterocycles. The molecule has 3 aromatic rings. The quantitative estimate of drug-likeness (QED) is 0.641. The molecule has 0 spiro atoms. The Morgan fingerprint density at radius 3 is 2.35 bits per heavy atom. The predicted octanol–water partition coefficient (Wildman–Crippen LogP) is 3.73. The molecule has 0 fully saturated rings. The van der Waals surface area contributed by atoms with E-state index in [-0.39, 0.29) is 34.1 Å². The largest absolute Gasteiger partial charge is 0.279 e. The van der Waals surface area contributed by atoms with Gasteiger partial charge in [0, 0.05) is 17.6 Å². The van der Waals surface area contributed by atoms with Crippen LogP contribution in [0.15, 0.2) is 47.6 Å². The average Bonchev–Trinajstić information content (AvgIpc) is 3.27. The maximum absolute atomic E-state index is 13.1. The molecule has 2 aromatic carbocycles. The lowest BCUT2D eigenvalue weighted by Crippen LogP contribution is -2.25. The number of rotatable bonds is 4. The number of hydrogen-bond donors (Lipinski definition) is 1. The second kappa shape index (κ2) is 7.35. The van der Waals surface area contributed by atoms with Crippen molar-refractivity contribution < 1.29 is 13.2 Å². The van der Waals surface area contributed by atoms with Crippen LogP contribution in [0.25, 0.3) is 0 Å². The molecule has 0 atom stereocenters. The Morgan fingerprint density at radius 1 is 1.10 bits per heavy atom. The molecule has 1 amide bonds. The van der Waals surface area contributed by atoms with E-state index in [4.69, 9.17) is 11.6 Å². The van der Waals surface area contributed by atoms with Crippen LogP contribution in [0.3, 0.4) is 0 Å². The van der Waals surface area contributed by atoms with E-state index >= 15 is 0 Å². The highest BCUT2D eigenvalue weighted by atomic mass is 35.5. The van der Waals surface area contributed by atoms with Crippen LogP contribution in [-0.4, -0.2) is 29.1 Å². The zero-order chi connectivity index (χ0) is 22.6. The van der Waals surface area contributed by atoms with Crippen LogP contribution in [-0.2, 0) is 29.0 Å². The van der Waals surface area contributed by atoms with Gasteiger partial charge in [-0.05, 0) is 35.2 Å². The summed E-state index contributed by atoms with van der Waals surface area (Å²) in [4.78, 5) is 18.7. The van der Waals surface area contributed by atoms with Crippen LogP contribution in [0.1, 0.15) is 42.3 Å². The summed E-state index contributed by atoms with van der Waals surface area (Å²) in [6.45, 7) is 6.33. The average molecular weight is 460 g/mol. The van der Waals surface area contributed by atoms with Crippen molar-refractivity contribution in [3.8, 4) is 0 Å². The summed E-state index contributed by atoms with van der Waals surface area (Å²) < 4.78 is 30.1. The molecular weight excluding hydrogens is 438 g/mol. The molecule has 10 heteroatoms. The Kier molecular flexibility index (Phi) is 5.06. The maximum atomic E-state index is 13.1. The van der Waals surface area contributed by atoms with Crippen LogP contribution >= 0.6 is 11.6 Å². The van der Waals surface area contributed by atoms with Gasteiger partial charge >= 0.3 is 0 Å². The van der Waals surface area contributed by atoms with Crippen molar-refractivity contribution in [2.45, 2.75) is 37.6 Å². The Morgan fingerprint density at radius 2 is 1.77 bits per heavy atom. The first kappa shape index (κ1) is 21.3. The van der Waals surface area contributed by atoms with Gasteiger partial charge in [0.2, 0.25) is 0 Å². The number of anilines is 2. The van der Waals surface area contributed by atoms with Crippen LogP contribution in [0, 0.1) is 0 Å². The van der Waals surface area contributed by atoms with E-state index < -0.39 is 15.9 Å². The lowest BCUT2D eigenvalue weighted by molar-refractivity contribution is 0.0996. The number of nitrogens with zero attached hydrogens (tertiary/aromatic N) is 4. The molecule has 0 bridgehead atoms. The van der Waals surface area contributed by atoms with Gasteiger partial charge in [-0.1, -0.05) is 44.5 Å². The molecular formula is C21H22ClN5O3S. The third-order valence-corrected chi connectivity index (χ3v) is 6.87. The van der Waals surface area contributed by atoms with E-state index in [0.717, 1.165) is 5.56 Å². The van der Waals surface area contributed by atoms with E-state index in [1.807, 2.05) is 0 Å². The molecule has 0 saturated heterocycles. The first-order valence-corrected chi connectivity index (χ1v) is 11.5. The second-order valence-electron chi connectivity index (χ2n) is 8.44. The van der Waals surface area contributed by atoms with Gasteiger partial charge in [0.05, 0.1) is 22.7 Å². The molecule has 162 valence electrons. The first-order chi connectivity index (χ1) is 14.5. The molecule has 0 radical (unpaired) electrons. The van der Waals surface area contributed by atoms with Gasteiger partial charge in [0.1, 0.15) is 6.33 Å². The Hall–Kier alpha value is -2.91. The van der Waals surface area contributed by atoms with Crippen molar-refractivity contribution in [2.24, 2.45) is 7.05 Å². The van der Waals surface area contributed by atoms with Gasteiger partial charge < -0.3 is 0 Å². The Bertz CT molecular complexity index is 1280. The molecule has 1 aliphatic heterocycles. The number of benzene rings is 2. The summed E-state index contributed by atoms with van der Waals surface area (Å²) in [5.74, 6) is -0.184. The van der Waals surface area contributed by atoms with Crippen molar-refractivity contribution in [1.82, 2.24) is 14.8 Å². The fraction of sp³-hybridized carbons (Fsp3) is 0.286. The molecule has 2 heterocycles. The molecule has 0 aliphatic carbocycles. The van der Waals surface area contributed by atoms with Crippen LogP contribution < -0.4 is 9.62 Å². The molecule has 31 heavy (non-hydrogen) atoms. The topological polar surface area (TPSA) is 97.2 Å². The van der Waals surface area contributed by atoms with Gasteiger partial charge in [-0.3, -0.25) is 19.1 Å². The highest BCUT2D eigenvalue weighted by Crippen LogP contribution is 2.37. The zero-order valence-electron chi connectivity index (χ0n) is 17.5. The summed E-state index contributed by atoms with van der Waals surface area (Å²) >= 11 is 6.31. The van der Waals surface area contributed by atoms with Gasteiger partial charge in [-0.2, -0.15) is 0 Å². The smallest absolute Gasteiger partial charge is 0.263 e. The summed E-state index contributed by atoms with van der Waals surface area (Å²) in [6.07, 6.45) is 1.48. The summed E-state index contributed by atoms with van der Waals surface area (Å²) in [7, 11) is -2.21. The number of sulfonamides is 1. The highest BCUT2D eigenvalue weighted by molar-refractivity contribution is 7.92. The molecule has 1 N–H and O–H groups in total. The minimum Gasteiger partial charge on any atom is -0.279 e. The SMILES string of the molecule is Cn1cnc(N2Cc3c(Cl)ccc(NS(=O)(=O)c4ccc(C(C)(C)C)cc4)c3C2=O)n1. The number of halogens is 1.